The molecule has 0 bridgehead atoms. The van der Waals surface area contributed by atoms with Gasteiger partial charge in [-0.15, -0.1) is 11.3 Å². The summed E-state index contributed by atoms with van der Waals surface area (Å²) in [6.07, 6.45) is 1.61. The number of hydrazone groups is 1. The second-order valence-electron chi connectivity index (χ2n) is 5.90. The molecule has 0 aliphatic carbocycles. The van der Waals surface area contributed by atoms with Crippen molar-refractivity contribution in [2.45, 2.75) is 20.0 Å². The van der Waals surface area contributed by atoms with Gasteiger partial charge >= 0.3 is 0 Å². The molecule has 1 aromatic heterocycles. The van der Waals surface area contributed by atoms with Gasteiger partial charge in [-0.2, -0.15) is 5.10 Å². The highest BCUT2D eigenvalue weighted by atomic mass is 35.5. The van der Waals surface area contributed by atoms with E-state index in [0.717, 1.165) is 16.8 Å². The van der Waals surface area contributed by atoms with Crippen LogP contribution in [0.3, 0.4) is 0 Å². The molecule has 0 saturated carbocycles. The first-order valence-electron chi connectivity index (χ1n) is 8.08. The molecule has 4 nitrogen and oxygen atoms in total. The number of rotatable bonds is 6. The van der Waals surface area contributed by atoms with Crippen molar-refractivity contribution in [1.82, 2.24) is 4.98 Å². The van der Waals surface area contributed by atoms with Crippen molar-refractivity contribution >= 4 is 57.5 Å². The zero-order valence-electron chi connectivity index (χ0n) is 14.5. The quantitative estimate of drug-likeness (QED) is 0.331. The Bertz CT molecular complexity index is 932. The number of hydrogen-bond acceptors (Lipinski definition) is 5. The van der Waals surface area contributed by atoms with Crippen LogP contribution in [0, 0.1) is 0 Å². The number of halogens is 3. The van der Waals surface area contributed by atoms with Crippen LogP contribution in [0.25, 0.3) is 11.3 Å². The first-order valence-corrected chi connectivity index (χ1v) is 10.1. The number of hydrogen-bond donors (Lipinski definition) is 1. The Labute approximate surface area is 176 Å². The van der Waals surface area contributed by atoms with Gasteiger partial charge in [0, 0.05) is 16.0 Å². The monoisotopic (exact) mass is 439 g/mol. The summed E-state index contributed by atoms with van der Waals surface area (Å²) in [6.45, 7) is 3.83. The predicted molar refractivity (Wildman–Crippen MR) is 116 cm³/mol. The molecular weight excluding hydrogens is 425 g/mol. The first-order chi connectivity index (χ1) is 12.9. The Morgan fingerprint density at radius 3 is 2.41 bits per heavy atom. The largest absolute Gasteiger partial charge is 0.488 e. The van der Waals surface area contributed by atoms with Gasteiger partial charge in [0.15, 0.2) is 5.75 Å². The van der Waals surface area contributed by atoms with E-state index in [0.29, 0.717) is 25.9 Å². The van der Waals surface area contributed by atoms with Crippen molar-refractivity contribution in [3.05, 3.63) is 62.4 Å². The van der Waals surface area contributed by atoms with E-state index in [4.69, 9.17) is 39.5 Å². The van der Waals surface area contributed by atoms with Gasteiger partial charge in [0.25, 0.3) is 0 Å². The third-order valence-electron chi connectivity index (χ3n) is 3.39. The number of ether oxygens (including phenoxy) is 1. The minimum atomic E-state index is -0.0130. The van der Waals surface area contributed by atoms with Crippen LogP contribution in [0.15, 0.2) is 46.9 Å². The van der Waals surface area contributed by atoms with E-state index in [9.17, 15) is 0 Å². The first kappa shape index (κ1) is 20.0. The number of nitrogens with one attached hydrogen (secondary N) is 1. The molecule has 1 N–H and O–H groups in total. The molecule has 8 heteroatoms. The lowest BCUT2D eigenvalue weighted by molar-refractivity contribution is 0.243. The lowest BCUT2D eigenvalue weighted by Gasteiger charge is -2.13. The fourth-order valence-electron chi connectivity index (χ4n) is 2.24. The molecule has 3 rings (SSSR count). The Hall–Kier alpha value is -1.79. The molecule has 0 atom stereocenters. The standard InChI is InChI=1S/C19H16Cl3N3OS/c1-11(2)26-18-15(21)7-12(8-16(18)22)9-23-25-19-24-17(10-27-19)13-3-5-14(20)6-4-13/h3-11H,1-2H3,(H,24,25)/b23-9-. The van der Waals surface area contributed by atoms with Crippen LogP contribution >= 0.6 is 46.1 Å². The highest BCUT2D eigenvalue weighted by Crippen LogP contribution is 2.34. The molecule has 2 aromatic carbocycles. The SMILES string of the molecule is CC(C)Oc1c(Cl)cc(/C=N\Nc2nc(-c3ccc(Cl)cc3)cs2)cc1Cl. The molecule has 0 spiro atoms. The molecule has 140 valence electrons. The van der Waals surface area contributed by atoms with Crippen molar-refractivity contribution < 1.29 is 4.74 Å². The number of benzene rings is 2. The lowest BCUT2D eigenvalue weighted by Crippen LogP contribution is -2.06. The number of thiazole rings is 1. The topological polar surface area (TPSA) is 46.5 Å². The molecule has 0 saturated heterocycles. The molecule has 0 aliphatic rings. The Morgan fingerprint density at radius 1 is 1.11 bits per heavy atom. The van der Waals surface area contributed by atoms with Crippen molar-refractivity contribution in [1.29, 1.82) is 0 Å². The lowest BCUT2D eigenvalue weighted by atomic mass is 10.2. The van der Waals surface area contributed by atoms with Gasteiger partial charge in [0.05, 0.1) is 28.1 Å². The molecule has 0 fully saturated rings. The molecule has 0 unspecified atom stereocenters. The van der Waals surface area contributed by atoms with Gasteiger partial charge in [0.1, 0.15) is 0 Å². The number of aromatic nitrogens is 1. The van der Waals surface area contributed by atoms with Crippen LogP contribution < -0.4 is 10.2 Å². The average molecular weight is 441 g/mol. The van der Waals surface area contributed by atoms with Crippen LogP contribution in [0.5, 0.6) is 5.75 Å². The number of nitrogens with zero attached hydrogens (tertiary/aromatic N) is 2. The van der Waals surface area contributed by atoms with Gasteiger partial charge in [-0.25, -0.2) is 4.98 Å². The minimum Gasteiger partial charge on any atom is -0.488 e. The molecule has 0 radical (unpaired) electrons. The van der Waals surface area contributed by atoms with Gasteiger partial charge < -0.3 is 4.74 Å². The maximum Gasteiger partial charge on any atom is 0.203 e. The summed E-state index contributed by atoms with van der Waals surface area (Å²) in [5, 5.41) is 8.40. The Balaban J connectivity index is 1.68. The third kappa shape index (κ3) is 5.36. The number of anilines is 1. The van der Waals surface area contributed by atoms with Gasteiger partial charge in [-0.3, -0.25) is 5.43 Å². The molecule has 3 aromatic rings. The zero-order chi connectivity index (χ0) is 19.4. The summed E-state index contributed by atoms with van der Waals surface area (Å²) in [4.78, 5) is 4.50. The summed E-state index contributed by atoms with van der Waals surface area (Å²) in [5.74, 6) is 0.478. The second kappa shape index (κ2) is 8.93. The predicted octanol–water partition coefficient (Wildman–Crippen LogP) is 7.00. The van der Waals surface area contributed by atoms with E-state index in [-0.39, 0.29) is 6.10 Å². The van der Waals surface area contributed by atoms with Gasteiger partial charge in [0.2, 0.25) is 5.13 Å². The van der Waals surface area contributed by atoms with Crippen molar-refractivity contribution in [2.75, 3.05) is 5.43 Å². The third-order valence-corrected chi connectivity index (χ3v) is 4.95. The normalized spacial score (nSPS) is 11.3. The Kier molecular flexibility index (Phi) is 6.60. The fourth-order valence-corrected chi connectivity index (χ4v) is 3.63. The molecule has 27 heavy (non-hydrogen) atoms. The summed E-state index contributed by atoms with van der Waals surface area (Å²) < 4.78 is 5.62. The minimum absolute atomic E-state index is 0.0130. The summed E-state index contributed by atoms with van der Waals surface area (Å²) in [7, 11) is 0. The van der Waals surface area contributed by atoms with E-state index in [2.05, 4.69) is 15.5 Å². The molecule has 0 amide bonds. The average Bonchev–Trinajstić information content (AvgIpc) is 3.07. The molecular formula is C19H16Cl3N3OS. The van der Waals surface area contributed by atoms with E-state index < -0.39 is 0 Å². The Morgan fingerprint density at radius 2 is 1.78 bits per heavy atom. The molecule has 1 heterocycles. The van der Waals surface area contributed by atoms with Crippen molar-refractivity contribution in [3.63, 3.8) is 0 Å². The van der Waals surface area contributed by atoms with E-state index >= 15 is 0 Å². The van der Waals surface area contributed by atoms with Crippen LogP contribution in [0.2, 0.25) is 15.1 Å². The van der Waals surface area contributed by atoms with Crippen LogP contribution in [0.4, 0.5) is 5.13 Å². The highest BCUT2D eigenvalue weighted by molar-refractivity contribution is 7.14. The molecule has 0 aliphatic heterocycles. The van der Waals surface area contributed by atoms with Crippen molar-refractivity contribution in [3.8, 4) is 17.0 Å². The zero-order valence-corrected chi connectivity index (χ0v) is 17.6. The summed E-state index contributed by atoms with van der Waals surface area (Å²) >= 11 is 19.9. The van der Waals surface area contributed by atoms with Crippen LogP contribution in [-0.2, 0) is 0 Å². The van der Waals surface area contributed by atoms with Gasteiger partial charge in [-0.1, -0.05) is 46.9 Å². The van der Waals surface area contributed by atoms with Crippen LogP contribution in [0.1, 0.15) is 19.4 Å². The smallest absolute Gasteiger partial charge is 0.203 e. The van der Waals surface area contributed by atoms with Crippen molar-refractivity contribution in [2.24, 2.45) is 5.10 Å². The van der Waals surface area contributed by atoms with Crippen LogP contribution in [-0.4, -0.2) is 17.3 Å². The van der Waals surface area contributed by atoms with Gasteiger partial charge in [-0.05, 0) is 43.7 Å². The van der Waals surface area contributed by atoms with E-state index in [1.54, 1.807) is 18.3 Å². The van der Waals surface area contributed by atoms with E-state index in [1.807, 2.05) is 43.5 Å². The second-order valence-corrected chi connectivity index (χ2v) is 8.00. The summed E-state index contributed by atoms with van der Waals surface area (Å²) in [6, 6.07) is 11.0. The summed E-state index contributed by atoms with van der Waals surface area (Å²) in [5.41, 5.74) is 5.52. The maximum absolute atomic E-state index is 6.25. The highest BCUT2D eigenvalue weighted by Gasteiger charge is 2.10. The fraction of sp³-hybridized carbons (Fsp3) is 0.158. The maximum atomic E-state index is 6.25. The van der Waals surface area contributed by atoms with E-state index in [1.165, 1.54) is 11.3 Å².